The summed E-state index contributed by atoms with van der Waals surface area (Å²) in [6, 6.07) is 7.63. The van der Waals surface area contributed by atoms with Crippen molar-refractivity contribution >= 4 is 28.8 Å². The summed E-state index contributed by atoms with van der Waals surface area (Å²) < 4.78 is 4.97. The number of fused-ring (bicyclic) bond motifs is 1. The van der Waals surface area contributed by atoms with Gasteiger partial charge < -0.3 is 25.0 Å². The Kier molecular flexibility index (Phi) is 6.95. The molecule has 2 unspecified atom stereocenters. The summed E-state index contributed by atoms with van der Waals surface area (Å²) in [6.45, 7) is 6.13. The molecule has 3 N–H and O–H groups in total. The molecule has 1 aromatic carbocycles. The predicted octanol–water partition coefficient (Wildman–Crippen LogP) is 2.63. The SMILES string of the molecule is Cc1cc(C(=O)NC(CC(=O)N2CCCCC2C)C(=O)N[C@@H](C)c2nc3ccccc3[nH]2)no1. The van der Waals surface area contributed by atoms with Crippen LogP contribution >= 0.6 is 0 Å². The number of hydrogen-bond acceptors (Lipinski definition) is 6. The zero-order valence-corrected chi connectivity index (χ0v) is 19.6. The molecule has 3 aromatic rings. The molecule has 3 amide bonds. The molecule has 3 atom stereocenters. The number of H-pyrrole nitrogens is 1. The molecule has 34 heavy (non-hydrogen) atoms. The van der Waals surface area contributed by atoms with Crippen molar-refractivity contribution in [1.82, 2.24) is 30.7 Å². The highest BCUT2D eigenvalue weighted by molar-refractivity contribution is 5.97. The number of aromatic nitrogens is 3. The molecule has 1 aliphatic heterocycles. The van der Waals surface area contributed by atoms with Crippen molar-refractivity contribution in [3.05, 3.63) is 47.6 Å². The van der Waals surface area contributed by atoms with Crippen LogP contribution in [0.5, 0.6) is 0 Å². The zero-order valence-electron chi connectivity index (χ0n) is 19.6. The molecule has 2 aromatic heterocycles. The number of nitrogens with one attached hydrogen (secondary N) is 3. The maximum Gasteiger partial charge on any atom is 0.274 e. The summed E-state index contributed by atoms with van der Waals surface area (Å²) >= 11 is 0. The van der Waals surface area contributed by atoms with Gasteiger partial charge >= 0.3 is 0 Å². The molecule has 0 saturated carbocycles. The maximum atomic E-state index is 13.2. The van der Waals surface area contributed by atoms with Gasteiger partial charge in [0.15, 0.2) is 5.69 Å². The number of carbonyl (C=O) groups is 3. The average Bonchev–Trinajstić information content (AvgIpc) is 3.45. The van der Waals surface area contributed by atoms with Crippen molar-refractivity contribution in [1.29, 1.82) is 0 Å². The minimum absolute atomic E-state index is 0.0550. The van der Waals surface area contributed by atoms with Crippen LogP contribution in [-0.4, -0.2) is 56.4 Å². The summed E-state index contributed by atoms with van der Waals surface area (Å²) in [6.07, 6.45) is 2.79. The molecule has 10 heteroatoms. The fraction of sp³-hybridized carbons (Fsp3) is 0.458. The van der Waals surface area contributed by atoms with E-state index in [0.29, 0.717) is 18.1 Å². The number of aromatic amines is 1. The highest BCUT2D eigenvalue weighted by atomic mass is 16.5. The quantitative estimate of drug-likeness (QED) is 0.490. The largest absolute Gasteiger partial charge is 0.361 e. The molecule has 1 fully saturated rings. The molecular weight excluding hydrogens is 436 g/mol. The van der Waals surface area contributed by atoms with Gasteiger partial charge in [-0.15, -0.1) is 0 Å². The number of amides is 3. The molecule has 1 aliphatic rings. The van der Waals surface area contributed by atoms with E-state index >= 15 is 0 Å². The van der Waals surface area contributed by atoms with Gasteiger partial charge in [0.05, 0.1) is 23.5 Å². The molecule has 3 heterocycles. The number of carbonyl (C=O) groups excluding carboxylic acids is 3. The molecular formula is C24H30N6O4. The standard InChI is InChI=1S/C24H30N6O4/c1-14-8-6-7-11-30(14)21(31)13-19(28-24(33)20-12-15(2)34-29-20)23(32)25-16(3)22-26-17-9-4-5-10-18(17)27-22/h4-5,9-10,12,14,16,19H,6-8,11,13H2,1-3H3,(H,25,32)(H,26,27)(H,28,33)/t14?,16-,19?/m0/s1. The molecule has 10 nitrogen and oxygen atoms in total. The van der Waals surface area contributed by atoms with Gasteiger partial charge in [0, 0.05) is 18.7 Å². The highest BCUT2D eigenvalue weighted by Crippen LogP contribution is 2.19. The van der Waals surface area contributed by atoms with Crippen molar-refractivity contribution in [2.75, 3.05) is 6.54 Å². The maximum absolute atomic E-state index is 13.2. The fourth-order valence-electron chi connectivity index (χ4n) is 4.24. The van der Waals surface area contributed by atoms with E-state index in [4.69, 9.17) is 4.52 Å². The number of likely N-dealkylation sites (tertiary alicyclic amines) is 1. The van der Waals surface area contributed by atoms with E-state index in [1.807, 2.05) is 31.2 Å². The minimum Gasteiger partial charge on any atom is -0.361 e. The van der Waals surface area contributed by atoms with Gasteiger partial charge in [-0.05, 0) is 52.2 Å². The van der Waals surface area contributed by atoms with E-state index in [1.165, 1.54) is 6.07 Å². The third-order valence-corrected chi connectivity index (χ3v) is 6.16. The third-order valence-electron chi connectivity index (χ3n) is 6.16. The first-order valence-electron chi connectivity index (χ1n) is 11.6. The number of imidazole rings is 1. The van der Waals surface area contributed by atoms with Crippen LogP contribution in [0, 0.1) is 6.92 Å². The summed E-state index contributed by atoms with van der Waals surface area (Å²) in [4.78, 5) is 48.5. The molecule has 4 rings (SSSR count). The van der Waals surface area contributed by atoms with Crippen LogP contribution in [0.4, 0.5) is 0 Å². The Hall–Kier alpha value is -3.69. The van der Waals surface area contributed by atoms with E-state index in [0.717, 1.165) is 30.3 Å². The van der Waals surface area contributed by atoms with Gasteiger partial charge in [0.2, 0.25) is 11.8 Å². The number of rotatable bonds is 7. The first-order chi connectivity index (χ1) is 16.3. The smallest absolute Gasteiger partial charge is 0.274 e. The van der Waals surface area contributed by atoms with Crippen LogP contribution < -0.4 is 10.6 Å². The van der Waals surface area contributed by atoms with Gasteiger partial charge in [-0.3, -0.25) is 14.4 Å². The van der Waals surface area contributed by atoms with Crippen molar-refractivity contribution in [2.24, 2.45) is 0 Å². The third kappa shape index (κ3) is 5.27. The Morgan fingerprint density at radius 1 is 1.24 bits per heavy atom. The molecule has 0 aliphatic carbocycles. The van der Waals surface area contributed by atoms with E-state index in [9.17, 15) is 14.4 Å². The molecule has 180 valence electrons. The van der Waals surface area contributed by atoms with E-state index in [-0.39, 0.29) is 24.1 Å². The summed E-state index contributed by atoms with van der Waals surface area (Å²) in [5.41, 5.74) is 1.71. The van der Waals surface area contributed by atoms with E-state index in [2.05, 4.69) is 25.8 Å². The van der Waals surface area contributed by atoms with Crippen LogP contribution in [0.15, 0.2) is 34.9 Å². The fourth-order valence-corrected chi connectivity index (χ4v) is 4.24. The molecule has 0 spiro atoms. The Morgan fingerprint density at radius 2 is 2.03 bits per heavy atom. The van der Waals surface area contributed by atoms with Crippen LogP contribution in [0.1, 0.15) is 67.6 Å². The van der Waals surface area contributed by atoms with Crippen molar-refractivity contribution in [2.45, 2.75) is 64.6 Å². The van der Waals surface area contributed by atoms with Gasteiger partial charge in [-0.1, -0.05) is 17.3 Å². The first kappa shape index (κ1) is 23.5. The zero-order chi connectivity index (χ0) is 24.2. The van der Waals surface area contributed by atoms with Crippen molar-refractivity contribution < 1.29 is 18.9 Å². The van der Waals surface area contributed by atoms with Crippen LogP contribution in [0.3, 0.4) is 0 Å². The minimum atomic E-state index is -1.07. The van der Waals surface area contributed by atoms with Gasteiger partial charge in [-0.2, -0.15) is 0 Å². The second-order valence-corrected chi connectivity index (χ2v) is 8.85. The second-order valence-electron chi connectivity index (χ2n) is 8.85. The van der Waals surface area contributed by atoms with Crippen molar-refractivity contribution in [3.8, 4) is 0 Å². The highest BCUT2D eigenvalue weighted by Gasteiger charge is 2.31. The van der Waals surface area contributed by atoms with Gasteiger partial charge in [0.25, 0.3) is 5.91 Å². The lowest BCUT2D eigenvalue weighted by molar-refractivity contribution is -0.137. The van der Waals surface area contributed by atoms with Gasteiger partial charge in [0.1, 0.15) is 17.6 Å². The average molecular weight is 467 g/mol. The number of benzene rings is 1. The Bertz CT molecular complexity index is 1150. The molecule has 0 radical (unpaired) electrons. The van der Waals surface area contributed by atoms with Gasteiger partial charge in [-0.25, -0.2) is 4.98 Å². The predicted molar refractivity (Wildman–Crippen MR) is 125 cm³/mol. The summed E-state index contributed by atoms with van der Waals surface area (Å²) in [5, 5.41) is 9.25. The lowest BCUT2D eigenvalue weighted by Gasteiger charge is -2.34. The van der Waals surface area contributed by atoms with Crippen LogP contribution in [0.25, 0.3) is 11.0 Å². The van der Waals surface area contributed by atoms with E-state index < -0.39 is 23.9 Å². The number of hydrogen-bond donors (Lipinski definition) is 3. The number of nitrogens with zero attached hydrogens (tertiary/aromatic N) is 3. The lowest BCUT2D eigenvalue weighted by atomic mass is 10.0. The lowest BCUT2D eigenvalue weighted by Crippen LogP contribution is -2.51. The number of aryl methyl sites for hydroxylation is 1. The normalized spacial score (nSPS) is 17.9. The summed E-state index contributed by atoms with van der Waals surface area (Å²) in [5.74, 6) is -0.154. The van der Waals surface area contributed by atoms with Crippen molar-refractivity contribution in [3.63, 3.8) is 0 Å². The molecule has 0 bridgehead atoms. The Morgan fingerprint density at radius 3 is 2.74 bits per heavy atom. The Labute approximate surface area is 197 Å². The molecule has 1 saturated heterocycles. The number of piperidine rings is 1. The number of para-hydroxylation sites is 2. The van der Waals surface area contributed by atoms with E-state index in [1.54, 1.807) is 18.7 Å². The van der Waals surface area contributed by atoms with Crippen LogP contribution in [-0.2, 0) is 9.59 Å². The monoisotopic (exact) mass is 466 g/mol. The summed E-state index contributed by atoms with van der Waals surface area (Å²) in [7, 11) is 0. The Balaban J connectivity index is 1.49. The first-order valence-corrected chi connectivity index (χ1v) is 11.6. The topological polar surface area (TPSA) is 133 Å². The van der Waals surface area contributed by atoms with Crippen LogP contribution in [0.2, 0.25) is 0 Å². The second kappa shape index (κ2) is 10.1.